The number of rotatable bonds is 4. The van der Waals surface area contributed by atoms with Gasteiger partial charge in [-0.3, -0.25) is 0 Å². The SMILES string of the molecule is C=C1CC(c2cc(Cl)sc2C)=C(c2cc(Cl)sc2C)CC1C(O)/C=C/C. The van der Waals surface area contributed by atoms with Gasteiger partial charge in [0.05, 0.1) is 14.8 Å². The average Bonchev–Trinajstić information content (AvgIpc) is 3.07. The van der Waals surface area contributed by atoms with E-state index in [2.05, 4.69) is 26.5 Å². The molecule has 1 N–H and O–H groups in total. The van der Waals surface area contributed by atoms with Crippen LogP contribution in [0.1, 0.15) is 40.6 Å². The Hall–Kier alpha value is -0.840. The smallest absolute Gasteiger partial charge is 0.0937 e. The van der Waals surface area contributed by atoms with Crippen molar-refractivity contribution >= 4 is 57.0 Å². The quantitative estimate of drug-likeness (QED) is 0.502. The predicted molar refractivity (Wildman–Crippen MR) is 118 cm³/mol. The summed E-state index contributed by atoms with van der Waals surface area (Å²) in [6.45, 7) is 10.4. The number of hydrogen-bond donors (Lipinski definition) is 1. The minimum atomic E-state index is -0.523. The molecule has 5 heteroatoms. The van der Waals surface area contributed by atoms with E-state index < -0.39 is 6.10 Å². The van der Waals surface area contributed by atoms with Crippen LogP contribution in [0.3, 0.4) is 0 Å². The molecule has 3 rings (SSSR count). The van der Waals surface area contributed by atoms with Crippen LogP contribution in [0, 0.1) is 19.8 Å². The van der Waals surface area contributed by atoms with Gasteiger partial charge in [0.25, 0.3) is 0 Å². The lowest BCUT2D eigenvalue weighted by molar-refractivity contribution is 0.171. The van der Waals surface area contributed by atoms with E-state index in [4.69, 9.17) is 23.2 Å². The van der Waals surface area contributed by atoms with Crippen LogP contribution in [0.15, 0.2) is 36.4 Å². The number of allylic oxidation sites excluding steroid dienone is 3. The largest absolute Gasteiger partial charge is 0.388 e. The number of halogens is 2. The van der Waals surface area contributed by atoms with E-state index in [0.717, 1.165) is 27.1 Å². The molecule has 2 aromatic rings. The molecule has 2 atom stereocenters. The summed E-state index contributed by atoms with van der Waals surface area (Å²) in [7, 11) is 0. The molecule has 2 unspecified atom stereocenters. The van der Waals surface area contributed by atoms with E-state index in [9.17, 15) is 5.11 Å². The Balaban J connectivity index is 2.17. The highest BCUT2D eigenvalue weighted by Crippen LogP contribution is 2.48. The Morgan fingerprint density at radius 3 is 2.12 bits per heavy atom. The van der Waals surface area contributed by atoms with Gasteiger partial charge in [0, 0.05) is 15.7 Å². The summed E-state index contributed by atoms with van der Waals surface area (Å²) in [5, 5.41) is 10.6. The molecule has 2 heterocycles. The first-order valence-electron chi connectivity index (χ1n) is 8.55. The lowest BCUT2D eigenvalue weighted by atomic mass is 9.74. The van der Waals surface area contributed by atoms with Crippen molar-refractivity contribution in [1.29, 1.82) is 0 Å². The lowest BCUT2D eigenvalue weighted by Crippen LogP contribution is -2.24. The van der Waals surface area contributed by atoms with E-state index in [1.54, 1.807) is 22.7 Å². The molecular weight excluding hydrogens is 403 g/mol. The summed E-state index contributed by atoms with van der Waals surface area (Å²) in [4.78, 5) is 2.41. The topological polar surface area (TPSA) is 20.2 Å². The van der Waals surface area contributed by atoms with Crippen molar-refractivity contribution in [3.05, 3.63) is 66.0 Å². The van der Waals surface area contributed by atoms with Gasteiger partial charge in [-0.15, -0.1) is 22.7 Å². The van der Waals surface area contributed by atoms with Gasteiger partial charge in [-0.1, -0.05) is 47.5 Å². The molecule has 0 saturated carbocycles. The van der Waals surface area contributed by atoms with Gasteiger partial charge in [0.1, 0.15) is 0 Å². The number of aryl methyl sites for hydroxylation is 2. The molecule has 0 spiro atoms. The zero-order valence-electron chi connectivity index (χ0n) is 15.1. The van der Waals surface area contributed by atoms with Gasteiger partial charge < -0.3 is 5.11 Å². The van der Waals surface area contributed by atoms with Crippen LogP contribution in [-0.2, 0) is 0 Å². The maximum atomic E-state index is 10.6. The minimum absolute atomic E-state index is 0.0115. The molecule has 0 bridgehead atoms. The molecule has 26 heavy (non-hydrogen) atoms. The Morgan fingerprint density at radius 1 is 1.12 bits per heavy atom. The van der Waals surface area contributed by atoms with E-state index in [1.165, 1.54) is 32.0 Å². The van der Waals surface area contributed by atoms with Crippen LogP contribution in [0.2, 0.25) is 8.67 Å². The van der Waals surface area contributed by atoms with Crippen LogP contribution in [-0.4, -0.2) is 11.2 Å². The highest BCUT2D eigenvalue weighted by molar-refractivity contribution is 7.16. The maximum Gasteiger partial charge on any atom is 0.0937 e. The predicted octanol–water partition coefficient (Wildman–Crippen LogP) is 7.55. The summed E-state index contributed by atoms with van der Waals surface area (Å²) in [5.74, 6) is 0.0115. The second kappa shape index (κ2) is 8.04. The van der Waals surface area contributed by atoms with E-state index in [1.807, 2.05) is 25.1 Å². The monoisotopic (exact) mass is 424 g/mol. The summed E-state index contributed by atoms with van der Waals surface area (Å²) in [6.07, 6.45) is 4.71. The molecule has 0 fully saturated rings. The molecule has 1 aliphatic rings. The van der Waals surface area contributed by atoms with E-state index in [0.29, 0.717) is 0 Å². The van der Waals surface area contributed by atoms with Crippen molar-refractivity contribution in [1.82, 2.24) is 0 Å². The van der Waals surface area contributed by atoms with Gasteiger partial charge in [0.15, 0.2) is 0 Å². The van der Waals surface area contributed by atoms with Crippen LogP contribution in [0.5, 0.6) is 0 Å². The summed E-state index contributed by atoms with van der Waals surface area (Å²) < 4.78 is 1.59. The molecule has 0 aromatic carbocycles. The second-order valence-electron chi connectivity index (χ2n) is 6.66. The van der Waals surface area contributed by atoms with Crippen LogP contribution in [0.25, 0.3) is 11.1 Å². The fraction of sp³-hybridized carbons (Fsp3) is 0.333. The van der Waals surface area contributed by atoms with Crippen molar-refractivity contribution in [2.75, 3.05) is 0 Å². The first kappa shape index (κ1) is 19.9. The highest BCUT2D eigenvalue weighted by Gasteiger charge is 2.31. The van der Waals surface area contributed by atoms with Gasteiger partial charge in [-0.25, -0.2) is 0 Å². The van der Waals surface area contributed by atoms with Crippen molar-refractivity contribution in [2.24, 2.45) is 5.92 Å². The number of aliphatic hydroxyl groups is 1. The third-order valence-corrected chi connectivity index (χ3v) is 7.30. The van der Waals surface area contributed by atoms with Gasteiger partial charge in [0.2, 0.25) is 0 Å². The van der Waals surface area contributed by atoms with Crippen LogP contribution < -0.4 is 0 Å². The van der Waals surface area contributed by atoms with Crippen molar-refractivity contribution < 1.29 is 5.11 Å². The van der Waals surface area contributed by atoms with E-state index >= 15 is 0 Å². The van der Waals surface area contributed by atoms with E-state index in [-0.39, 0.29) is 5.92 Å². The third kappa shape index (κ3) is 3.88. The number of aliphatic hydroxyl groups excluding tert-OH is 1. The van der Waals surface area contributed by atoms with Gasteiger partial charge in [-0.05, 0) is 68.0 Å². The highest BCUT2D eigenvalue weighted by atomic mass is 35.5. The minimum Gasteiger partial charge on any atom is -0.388 e. The van der Waals surface area contributed by atoms with Crippen LogP contribution >= 0.6 is 45.9 Å². The van der Waals surface area contributed by atoms with Crippen molar-refractivity contribution in [3.63, 3.8) is 0 Å². The zero-order chi connectivity index (χ0) is 19.0. The normalized spacial score (nSPS) is 19.6. The standard InChI is InChI=1S/C21H22Cl2OS2/c1-5-6-19(24)14-8-18(16-10-21(23)26-13(16)4)17(7-11(14)2)15-9-20(22)25-12(15)3/h5-6,9-10,14,19,24H,2,7-8H2,1,3-4H3/b6-5+. The summed E-state index contributed by atoms with van der Waals surface area (Å²) in [6, 6.07) is 4.10. The zero-order valence-corrected chi connectivity index (χ0v) is 18.2. The Labute approximate surface area is 173 Å². The fourth-order valence-electron chi connectivity index (χ4n) is 3.67. The molecule has 0 aliphatic heterocycles. The molecule has 138 valence electrons. The Kier molecular flexibility index (Phi) is 6.15. The lowest BCUT2D eigenvalue weighted by Gasteiger charge is -2.32. The van der Waals surface area contributed by atoms with Gasteiger partial charge in [-0.2, -0.15) is 0 Å². The first-order valence-corrected chi connectivity index (χ1v) is 10.9. The third-order valence-electron chi connectivity index (χ3n) is 4.94. The summed E-state index contributed by atoms with van der Waals surface area (Å²) in [5.41, 5.74) is 5.95. The molecule has 2 aromatic heterocycles. The second-order valence-corrected chi connectivity index (χ2v) is 10.4. The molecule has 1 aliphatic carbocycles. The first-order chi connectivity index (χ1) is 12.3. The molecule has 0 radical (unpaired) electrons. The fourth-order valence-corrected chi connectivity index (χ4v) is 6.10. The van der Waals surface area contributed by atoms with Crippen LogP contribution in [0.4, 0.5) is 0 Å². The number of hydrogen-bond acceptors (Lipinski definition) is 3. The Morgan fingerprint density at radius 2 is 1.65 bits per heavy atom. The van der Waals surface area contributed by atoms with Crippen molar-refractivity contribution in [2.45, 2.75) is 39.7 Å². The molecule has 0 amide bonds. The average molecular weight is 425 g/mol. The molecule has 1 nitrogen and oxygen atoms in total. The number of thiophene rings is 2. The van der Waals surface area contributed by atoms with Crippen molar-refractivity contribution in [3.8, 4) is 0 Å². The molecular formula is C21H22Cl2OS2. The Bertz CT molecular complexity index is 901. The van der Waals surface area contributed by atoms with Gasteiger partial charge >= 0.3 is 0 Å². The molecule has 0 saturated heterocycles. The summed E-state index contributed by atoms with van der Waals surface area (Å²) >= 11 is 15.8. The maximum absolute atomic E-state index is 10.6.